The molecule has 0 atom stereocenters. The molecular formula is C9H6ClNO2. The van der Waals surface area contributed by atoms with Crippen LogP contribution in [-0.2, 0) is 5.88 Å². The molecule has 0 spiro atoms. The van der Waals surface area contributed by atoms with Crippen LogP contribution >= 0.6 is 11.6 Å². The molecule has 0 unspecified atom stereocenters. The Bertz CT molecular complexity index is 450. The second kappa shape index (κ2) is 3.18. The van der Waals surface area contributed by atoms with Crippen molar-refractivity contribution in [2.24, 2.45) is 0 Å². The number of oxazole rings is 1. The second-order valence-electron chi connectivity index (χ2n) is 2.61. The van der Waals surface area contributed by atoms with E-state index in [2.05, 4.69) is 4.98 Å². The second-order valence-corrected chi connectivity index (χ2v) is 2.87. The number of rotatable bonds is 2. The standard InChI is InChI=1S/C9H6ClNO2/c10-4-6-1-2-8-7(3-6)11-9(5-12)13-8/h1-3,5H,4H2. The van der Waals surface area contributed by atoms with Crippen LogP contribution in [0.5, 0.6) is 0 Å². The van der Waals surface area contributed by atoms with Crippen molar-refractivity contribution in [1.82, 2.24) is 4.98 Å². The van der Waals surface area contributed by atoms with E-state index in [0.29, 0.717) is 23.3 Å². The molecule has 1 aromatic heterocycles. The fourth-order valence-corrected chi connectivity index (χ4v) is 1.29. The summed E-state index contributed by atoms with van der Waals surface area (Å²) in [6, 6.07) is 5.40. The lowest BCUT2D eigenvalue weighted by Crippen LogP contribution is -1.77. The van der Waals surface area contributed by atoms with Crippen molar-refractivity contribution in [1.29, 1.82) is 0 Å². The zero-order valence-electron chi connectivity index (χ0n) is 6.66. The van der Waals surface area contributed by atoms with Crippen LogP contribution in [0.1, 0.15) is 16.2 Å². The van der Waals surface area contributed by atoms with Gasteiger partial charge in [-0.25, -0.2) is 4.98 Å². The van der Waals surface area contributed by atoms with E-state index in [4.69, 9.17) is 16.0 Å². The van der Waals surface area contributed by atoms with Crippen LogP contribution in [0.15, 0.2) is 22.6 Å². The highest BCUT2D eigenvalue weighted by Crippen LogP contribution is 2.17. The molecule has 0 saturated heterocycles. The van der Waals surface area contributed by atoms with E-state index in [1.165, 1.54) is 0 Å². The van der Waals surface area contributed by atoms with E-state index in [9.17, 15) is 4.79 Å². The zero-order valence-corrected chi connectivity index (χ0v) is 7.41. The summed E-state index contributed by atoms with van der Waals surface area (Å²) in [6.45, 7) is 0. The number of fused-ring (bicyclic) bond motifs is 1. The molecule has 0 radical (unpaired) electrons. The molecule has 0 bridgehead atoms. The zero-order chi connectivity index (χ0) is 9.26. The molecular weight excluding hydrogens is 190 g/mol. The van der Waals surface area contributed by atoms with Crippen molar-refractivity contribution in [3.8, 4) is 0 Å². The summed E-state index contributed by atoms with van der Waals surface area (Å²) < 4.78 is 5.09. The molecule has 0 saturated carbocycles. The molecule has 0 aliphatic rings. The molecule has 0 fully saturated rings. The lowest BCUT2D eigenvalue weighted by atomic mass is 10.2. The van der Waals surface area contributed by atoms with Crippen molar-refractivity contribution in [2.45, 2.75) is 5.88 Å². The van der Waals surface area contributed by atoms with Gasteiger partial charge in [0.2, 0.25) is 6.29 Å². The van der Waals surface area contributed by atoms with Gasteiger partial charge in [-0.1, -0.05) is 6.07 Å². The van der Waals surface area contributed by atoms with E-state index >= 15 is 0 Å². The molecule has 0 N–H and O–H groups in total. The Morgan fingerprint density at radius 2 is 2.38 bits per heavy atom. The third kappa shape index (κ3) is 1.42. The van der Waals surface area contributed by atoms with Crippen LogP contribution in [0, 0.1) is 0 Å². The first kappa shape index (κ1) is 8.26. The molecule has 3 nitrogen and oxygen atoms in total. The fraction of sp³-hybridized carbons (Fsp3) is 0.111. The highest BCUT2D eigenvalue weighted by molar-refractivity contribution is 6.17. The Balaban J connectivity index is 2.63. The van der Waals surface area contributed by atoms with E-state index < -0.39 is 0 Å². The number of aldehydes is 1. The van der Waals surface area contributed by atoms with Gasteiger partial charge in [0.05, 0.1) is 0 Å². The number of hydrogen-bond donors (Lipinski definition) is 0. The van der Waals surface area contributed by atoms with Crippen molar-refractivity contribution >= 4 is 29.0 Å². The van der Waals surface area contributed by atoms with Gasteiger partial charge in [0, 0.05) is 5.88 Å². The van der Waals surface area contributed by atoms with Crippen molar-refractivity contribution in [3.63, 3.8) is 0 Å². The quantitative estimate of drug-likeness (QED) is 0.546. The number of aromatic nitrogens is 1. The highest BCUT2D eigenvalue weighted by Gasteiger charge is 2.04. The summed E-state index contributed by atoms with van der Waals surface area (Å²) >= 11 is 5.64. The van der Waals surface area contributed by atoms with E-state index in [1.807, 2.05) is 6.07 Å². The third-order valence-corrected chi connectivity index (χ3v) is 2.03. The van der Waals surface area contributed by atoms with Crippen LogP contribution in [0.25, 0.3) is 11.1 Å². The van der Waals surface area contributed by atoms with Gasteiger partial charge < -0.3 is 4.42 Å². The van der Waals surface area contributed by atoms with Crippen LogP contribution in [-0.4, -0.2) is 11.3 Å². The Labute approximate surface area is 79.3 Å². The van der Waals surface area contributed by atoms with Crippen LogP contribution in [0.4, 0.5) is 0 Å². The maximum Gasteiger partial charge on any atom is 0.260 e. The Hall–Kier alpha value is -1.35. The number of nitrogens with zero attached hydrogens (tertiary/aromatic N) is 1. The first-order valence-corrected chi connectivity index (χ1v) is 4.27. The predicted molar refractivity (Wildman–Crippen MR) is 49.0 cm³/mol. The van der Waals surface area contributed by atoms with Gasteiger partial charge in [0.1, 0.15) is 5.52 Å². The number of hydrogen-bond acceptors (Lipinski definition) is 3. The first-order chi connectivity index (χ1) is 6.33. The molecule has 0 amide bonds. The topological polar surface area (TPSA) is 43.1 Å². The third-order valence-electron chi connectivity index (χ3n) is 1.72. The molecule has 0 aliphatic carbocycles. The van der Waals surface area contributed by atoms with Crippen LogP contribution < -0.4 is 0 Å². The number of alkyl halides is 1. The molecule has 2 rings (SSSR count). The van der Waals surface area contributed by atoms with Gasteiger partial charge in [0.25, 0.3) is 5.89 Å². The van der Waals surface area contributed by atoms with Gasteiger partial charge >= 0.3 is 0 Å². The molecule has 13 heavy (non-hydrogen) atoms. The SMILES string of the molecule is O=Cc1nc2cc(CCl)ccc2o1. The number of halogens is 1. The maximum atomic E-state index is 10.3. The van der Waals surface area contributed by atoms with Gasteiger partial charge in [-0.3, -0.25) is 4.79 Å². The highest BCUT2D eigenvalue weighted by atomic mass is 35.5. The summed E-state index contributed by atoms with van der Waals surface area (Å²) in [4.78, 5) is 14.3. The maximum absolute atomic E-state index is 10.3. The average molecular weight is 196 g/mol. The predicted octanol–water partition coefficient (Wildman–Crippen LogP) is 2.38. The minimum atomic E-state index is 0.0988. The lowest BCUT2D eigenvalue weighted by Gasteiger charge is -1.91. The monoisotopic (exact) mass is 195 g/mol. The minimum Gasteiger partial charge on any atom is -0.434 e. The fourth-order valence-electron chi connectivity index (χ4n) is 1.12. The van der Waals surface area contributed by atoms with Crippen LogP contribution in [0.2, 0.25) is 0 Å². The van der Waals surface area contributed by atoms with Crippen molar-refractivity contribution in [3.05, 3.63) is 29.7 Å². The van der Waals surface area contributed by atoms with Gasteiger partial charge in [-0.15, -0.1) is 11.6 Å². The summed E-state index contributed by atoms with van der Waals surface area (Å²) in [5.41, 5.74) is 2.23. The minimum absolute atomic E-state index is 0.0988. The molecule has 66 valence electrons. The number of carbonyl (C=O) groups is 1. The first-order valence-electron chi connectivity index (χ1n) is 3.74. The van der Waals surface area contributed by atoms with Crippen molar-refractivity contribution in [2.75, 3.05) is 0 Å². The normalized spacial score (nSPS) is 10.5. The Morgan fingerprint density at radius 1 is 1.54 bits per heavy atom. The summed E-state index contributed by atoms with van der Waals surface area (Å²) in [7, 11) is 0. The lowest BCUT2D eigenvalue weighted by molar-refractivity contribution is 0.109. The van der Waals surface area contributed by atoms with Gasteiger partial charge in [0.15, 0.2) is 5.58 Å². The van der Waals surface area contributed by atoms with Crippen LogP contribution in [0.3, 0.4) is 0 Å². The molecule has 2 aromatic rings. The van der Waals surface area contributed by atoms with Gasteiger partial charge in [-0.05, 0) is 17.7 Å². The van der Waals surface area contributed by atoms with Gasteiger partial charge in [-0.2, -0.15) is 0 Å². The largest absolute Gasteiger partial charge is 0.434 e. The summed E-state index contributed by atoms with van der Waals surface area (Å²) in [5.74, 6) is 0.529. The van der Waals surface area contributed by atoms with E-state index in [1.54, 1.807) is 12.1 Å². The smallest absolute Gasteiger partial charge is 0.260 e. The molecule has 4 heteroatoms. The molecule has 1 aromatic carbocycles. The molecule has 1 heterocycles. The summed E-state index contributed by atoms with van der Waals surface area (Å²) in [5, 5.41) is 0. The molecule has 0 aliphatic heterocycles. The Kier molecular flexibility index (Phi) is 2.02. The van der Waals surface area contributed by atoms with E-state index in [-0.39, 0.29) is 5.89 Å². The Morgan fingerprint density at radius 3 is 3.08 bits per heavy atom. The van der Waals surface area contributed by atoms with Crippen molar-refractivity contribution < 1.29 is 9.21 Å². The van der Waals surface area contributed by atoms with E-state index in [0.717, 1.165) is 5.56 Å². The number of carbonyl (C=O) groups excluding carboxylic acids is 1. The number of benzene rings is 1. The average Bonchev–Trinajstić information content (AvgIpc) is 2.58. The summed E-state index contributed by atoms with van der Waals surface area (Å²) in [6.07, 6.45) is 0.584.